The number of carbonyl (C=O) groups excluding carboxylic acids is 1. The zero-order valence-electron chi connectivity index (χ0n) is 14.4. The van der Waals surface area contributed by atoms with E-state index in [1.807, 2.05) is 0 Å². The smallest absolute Gasteiger partial charge is 0.307 e. The van der Waals surface area contributed by atoms with Gasteiger partial charge >= 0.3 is 11.9 Å². The van der Waals surface area contributed by atoms with Crippen LogP contribution in [0.3, 0.4) is 0 Å². The lowest BCUT2D eigenvalue weighted by atomic mass is 10.0. The Morgan fingerprint density at radius 3 is 1.73 bits per heavy atom. The fraction of sp³-hybridized carbons (Fsp3) is 0.889. The van der Waals surface area contributed by atoms with Crippen molar-refractivity contribution in [1.29, 1.82) is 0 Å². The van der Waals surface area contributed by atoms with E-state index in [2.05, 4.69) is 6.92 Å². The molecule has 0 aromatic rings. The topological polar surface area (TPSA) is 63.6 Å². The molecule has 0 aromatic heterocycles. The maximum absolute atomic E-state index is 10.9. The number of carboxylic acids is 1. The van der Waals surface area contributed by atoms with Crippen molar-refractivity contribution in [2.75, 3.05) is 0 Å². The molecule has 0 aliphatic carbocycles. The predicted octanol–water partition coefficient (Wildman–Crippen LogP) is 5.09. The highest BCUT2D eigenvalue weighted by atomic mass is 16.5. The van der Waals surface area contributed by atoms with Gasteiger partial charge in [-0.3, -0.25) is 9.59 Å². The van der Waals surface area contributed by atoms with Gasteiger partial charge in [0.15, 0.2) is 0 Å². The fourth-order valence-electron chi connectivity index (χ4n) is 2.67. The van der Waals surface area contributed by atoms with Crippen molar-refractivity contribution in [3.05, 3.63) is 0 Å². The first-order valence-electron chi connectivity index (χ1n) is 8.95. The van der Waals surface area contributed by atoms with Crippen molar-refractivity contribution < 1.29 is 19.4 Å². The number of carboxylic acid groups (broad SMARTS) is 1. The van der Waals surface area contributed by atoms with Gasteiger partial charge in [0.25, 0.3) is 0 Å². The highest BCUT2D eigenvalue weighted by Crippen LogP contribution is 2.14. The zero-order chi connectivity index (χ0) is 16.6. The molecule has 0 amide bonds. The molecular weight excluding hydrogens is 280 g/mol. The van der Waals surface area contributed by atoms with Crippen LogP contribution >= 0.6 is 0 Å². The largest absolute Gasteiger partial charge is 0.481 e. The summed E-state index contributed by atoms with van der Waals surface area (Å²) in [5.41, 5.74) is 0. The van der Waals surface area contributed by atoms with E-state index < -0.39 is 18.0 Å². The normalized spacial score (nSPS) is 12.1. The number of rotatable bonds is 15. The molecule has 0 aliphatic rings. The second-order valence-electron chi connectivity index (χ2n) is 6.15. The number of hydrogen-bond acceptors (Lipinski definition) is 3. The standard InChI is InChI=1S/C18H34O4/c1-3-4-5-6-7-8-9-10-11-12-13-14-17(15-18(20)21)22-16(2)19/h17H,3-15H2,1-2H3,(H,20,21)/t17-/m0/s1. The first kappa shape index (κ1) is 20.9. The minimum atomic E-state index is -0.908. The Kier molecular flexibility index (Phi) is 14.1. The summed E-state index contributed by atoms with van der Waals surface area (Å²) in [6.45, 7) is 3.57. The van der Waals surface area contributed by atoms with Crippen molar-refractivity contribution in [1.82, 2.24) is 0 Å². The molecule has 0 bridgehead atoms. The number of esters is 1. The van der Waals surface area contributed by atoms with E-state index in [4.69, 9.17) is 9.84 Å². The van der Waals surface area contributed by atoms with Gasteiger partial charge in [-0.05, 0) is 12.8 Å². The first-order valence-corrected chi connectivity index (χ1v) is 8.95. The highest BCUT2D eigenvalue weighted by Gasteiger charge is 2.15. The molecule has 0 rings (SSSR count). The van der Waals surface area contributed by atoms with Crippen molar-refractivity contribution in [2.24, 2.45) is 0 Å². The van der Waals surface area contributed by atoms with Gasteiger partial charge in [0.1, 0.15) is 6.10 Å². The summed E-state index contributed by atoms with van der Waals surface area (Å²) in [4.78, 5) is 21.6. The van der Waals surface area contributed by atoms with E-state index in [1.165, 1.54) is 64.7 Å². The van der Waals surface area contributed by atoms with E-state index in [0.717, 1.165) is 12.8 Å². The lowest BCUT2D eigenvalue weighted by Crippen LogP contribution is -2.20. The van der Waals surface area contributed by atoms with E-state index in [1.54, 1.807) is 0 Å². The molecule has 0 aromatic carbocycles. The molecule has 130 valence electrons. The summed E-state index contributed by atoms with van der Waals surface area (Å²) >= 11 is 0. The van der Waals surface area contributed by atoms with Gasteiger partial charge in [0, 0.05) is 6.92 Å². The lowest BCUT2D eigenvalue weighted by Gasteiger charge is -2.14. The van der Waals surface area contributed by atoms with Crippen LogP contribution in [0.4, 0.5) is 0 Å². The van der Waals surface area contributed by atoms with Gasteiger partial charge in [0.2, 0.25) is 0 Å². The second-order valence-corrected chi connectivity index (χ2v) is 6.15. The fourth-order valence-corrected chi connectivity index (χ4v) is 2.67. The summed E-state index contributed by atoms with van der Waals surface area (Å²) < 4.78 is 5.03. The Bertz CT molecular complexity index is 273. The van der Waals surface area contributed by atoms with Crippen LogP contribution in [0.25, 0.3) is 0 Å². The van der Waals surface area contributed by atoms with Gasteiger partial charge in [-0.1, -0.05) is 71.1 Å². The SMILES string of the molecule is CCCCCCCCCCCCC[C@@H](CC(=O)O)OC(C)=O. The molecule has 1 atom stereocenters. The molecule has 0 spiro atoms. The van der Waals surface area contributed by atoms with Crippen molar-refractivity contribution in [3.8, 4) is 0 Å². The van der Waals surface area contributed by atoms with Crippen LogP contribution in [0.15, 0.2) is 0 Å². The van der Waals surface area contributed by atoms with Crippen molar-refractivity contribution in [2.45, 2.75) is 103 Å². The lowest BCUT2D eigenvalue weighted by molar-refractivity contribution is -0.151. The Morgan fingerprint density at radius 2 is 1.32 bits per heavy atom. The number of aliphatic carboxylic acids is 1. The maximum atomic E-state index is 10.9. The quantitative estimate of drug-likeness (QED) is 0.337. The molecule has 0 unspecified atom stereocenters. The highest BCUT2D eigenvalue weighted by molar-refractivity contribution is 5.69. The number of carbonyl (C=O) groups is 2. The van der Waals surface area contributed by atoms with Crippen LogP contribution in [0.2, 0.25) is 0 Å². The number of hydrogen-bond donors (Lipinski definition) is 1. The van der Waals surface area contributed by atoms with Crippen LogP contribution in [0, 0.1) is 0 Å². The molecule has 22 heavy (non-hydrogen) atoms. The summed E-state index contributed by atoms with van der Waals surface area (Å²) in [6.07, 6.45) is 14.0. The van der Waals surface area contributed by atoms with Gasteiger partial charge < -0.3 is 9.84 Å². The molecule has 0 saturated heterocycles. The Labute approximate surface area is 135 Å². The van der Waals surface area contributed by atoms with Crippen LogP contribution in [-0.2, 0) is 14.3 Å². The third kappa shape index (κ3) is 15.3. The predicted molar refractivity (Wildman–Crippen MR) is 88.9 cm³/mol. The maximum Gasteiger partial charge on any atom is 0.307 e. The zero-order valence-corrected chi connectivity index (χ0v) is 14.4. The van der Waals surface area contributed by atoms with Crippen LogP contribution in [-0.4, -0.2) is 23.1 Å². The molecule has 4 nitrogen and oxygen atoms in total. The van der Waals surface area contributed by atoms with Crippen molar-refractivity contribution in [3.63, 3.8) is 0 Å². The van der Waals surface area contributed by atoms with Crippen LogP contribution < -0.4 is 0 Å². The summed E-state index contributed by atoms with van der Waals surface area (Å²) in [6, 6.07) is 0. The summed E-state index contributed by atoms with van der Waals surface area (Å²) in [5, 5.41) is 8.78. The molecule has 0 saturated carbocycles. The first-order chi connectivity index (χ1) is 10.6. The molecule has 0 radical (unpaired) electrons. The second kappa shape index (κ2) is 14.9. The van der Waals surface area contributed by atoms with E-state index in [9.17, 15) is 9.59 Å². The van der Waals surface area contributed by atoms with Crippen LogP contribution in [0.1, 0.15) is 97.3 Å². The van der Waals surface area contributed by atoms with E-state index in [-0.39, 0.29) is 6.42 Å². The van der Waals surface area contributed by atoms with Gasteiger partial charge in [0.05, 0.1) is 6.42 Å². The Morgan fingerprint density at radius 1 is 0.864 bits per heavy atom. The Hall–Kier alpha value is -1.06. The van der Waals surface area contributed by atoms with Crippen molar-refractivity contribution >= 4 is 11.9 Å². The molecule has 0 fully saturated rings. The average Bonchev–Trinajstić information content (AvgIpc) is 2.43. The van der Waals surface area contributed by atoms with Gasteiger partial charge in [-0.15, -0.1) is 0 Å². The Balaban J connectivity index is 3.45. The number of ether oxygens (including phenoxy) is 1. The summed E-state index contributed by atoms with van der Waals surface area (Å²) in [5.74, 6) is -1.30. The molecule has 4 heteroatoms. The molecule has 1 N–H and O–H groups in total. The molecule has 0 aliphatic heterocycles. The van der Waals surface area contributed by atoms with E-state index in [0.29, 0.717) is 6.42 Å². The van der Waals surface area contributed by atoms with E-state index >= 15 is 0 Å². The van der Waals surface area contributed by atoms with Gasteiger partial charge in [-0.25, -0.2) is 0 Å². The third-order valence-electron chi connectivity index (χ3n) is 3.86. The average molecular weight is 314 g/mol. The van der Waals surface area contributed by atoms with Gasteiger partial charge in [-0.2, -0.15) is 0 Å². The minimum Gasteiger partial charge on any atom is -0.481 e. The molecular formula is C18H34O4. The monoisotopic (exact) mass is 314 g/mol. The third-order valence-corrected chi connectivity index (χ3v) is 3.86. The van der Waals surface area contributed by atoms with Crippen LogP contribution in [0.5, 0.6) is 0 Å². The summed E-state index contributed by atoms with van der Waals surface area (Å²) in [7, 11) is 0. The molecule has 0 heterocycles. The number of unbranched alkanes of at least 4 members (excludes halogenated alkanes) is 10. The minimum absolute atomic E-state index is 0.0860.